The zero-order valence-corrected chi connectivity index (χ0v) is 25.0. The summed E-state index contributed by atoms with van der Waals surface area (Å²) in [5, 5.41) is 10.1. The summed E-state index contributed by atoms with van der Waals surface area (Å²) in [7, 11) is 2.01. The number of piperidine rings is 2. The van der Waals surface area contributed by atoms with Crippen molar-refractivity contribution in [3.8, 4) is 0 Å². The van der Waals surface area contributed by atoms with E-state index in [1.807, 2.05) is 57.0 Å². The topological polar surface area (TPSA) is 94.8 Å². The van der Waals surface area contributed by atoms with Crippen LogP contribution in [-0.4, -0.2) is 62.7 Å². The van der Waals surface area contributed by atoms with Crippen molar-refractivity contribution in [2.75, 3.05) is 36.0 Å². The number of carbonyl (C=O) groups is 1. The van der Waals surface area contributed by atoms with E-state index < -0.39 is 5.97 Å². The first-order chi connectivity index (χ1) is 20.9. The van der Waals surface area contributed by atoms with Crippen LogP contribution in [-0.2, 0) is 24.9 Å². The zero-order valence-electron chi connectivity index (χ0n) is 25.0. The second kappa shape index (κ2) is 12.6. The van der Waals surface area contributed by atoms with E-state index >= 15 is 0 Å². The molecule has 1 atom stereocenters. The number of aryl methyl sites for hydroxylation is 2. The van der Waals surface area contributed by atoms with E-state index in [1.54, 1.807) is 0 Å². The number of hydrogen-bond acceptors (Lipinski definition) is 7. The number of aliphatic carboxylic acids is 1. The fourth-order valence-corrected chi connectivity index (χ4v) is 6.73. The fourth-order valence-electron chi connectivity index (χ4n) is 6.73. The van der Waals surface area contributed by atoms with Gasteiger partial charge in [0.2, 0.25) is 0 Å². The lowest BCUT2D eigenvalue weighted by molar-refractivity contribution is -0.142. The Morgan fingerprint density at radius 3 is 2.58 bits per heavy atom. The molecule has 1 unspecified atom stereocenters. The normalized spacial score (nSPS) is 18.0. The average molecular weight is 581 g/mol. The minimum atomic E-state index is -0.709. The maximum Gasteiger partial charge on any atom is 0.306 e. The summed E-state index contributed by atoms with van der Waals surface area (Å²) in [5.74, 6) is -0.984. The summed E-state index contributed by atoms with van der Waals surface area (Å²) < 4.78 is 2.07. The van der Waals surface area contributed by atoms with E-state index in [2.05, 4.69) is 53.5 Å². The second-order valence-corrected chi connectivity index (χ2v) is 12.1. The van der Waals surface area contributed by atoms with E-state index in [0.29, 0.717) is 37.9 Å². The number of carboxylic acids is 1. The van der Waals surface area contributed by atoms with Gasteiger partial charge in [0, 0.05) is 93.3 Å². The van der Waals surface area contributed by atoms with Gasteiger partial charge in [-0.3, -0.25) is 24.5 Å². The molecule has 0 aliphatic carbocycles. The first-order valence-electron chi connectivity index (χ1n) is 15.3. The number of benzene rings is 1. The molecule has 1 aromatic carbocycles. The highest BCUT2D eigenvalue weighted by Gasteiger charge is 2.28. The van der Waals surface area contributed by atoms with Gasteiger partial charge in [0.05, 0.1) is 23.3 Å². The van der Waals surface area contributed by atoms with Crippen molar-refractivity contribution in [2.45, 2.75) is 51.7 Å². The van der Waals surface area contributed by atoms with Crippen LogP contribution in [0.25, 0.3) is 10.9 Å². The summed E-state index contributed by atoms with van der Waals surface area (Å²) in [6.07, 6.45) is 11.0. The second-order valence-electron chi connectivity index (χ2n) is 12.1. The number of carboxylic acid groups (broad SMARTS) is 1. The van der Waals surface area contributed by atoms with Crippen molar-refractivity contribution < 1.29 is 9.90 Å². The molecule has 6 rings (SSSR count). The molecule has 0 amide bonds. The lowest BCUT2D eigenvalue weighted by atomic mass is 9.96. The van der Waals surface area contributed by atoms with Crippen LogP contribution < -0.4 is 15.2 Å². The summed E-state index contributed by atoms with van der Waals surface area (Å²) in [6, 6.07) is 14.6. The fraction of sp³-hybridized carbons (Fsp3) is 0.412. The Balaban J connectivity index is 1.28. The number of hydrogen-bond donors (Lipinski definition) is 1. The molecule has 0 radical (unpaired) electrons. The van der Waals surface area contributed by atoms with E-state index in [0.717, 1.165) is 60.6 Å². The van der Waals surface area contributed by atoms with Crippen LogP contribution in [0.15, 0.2) is 72.0 Å². The first kappa shape index (κ1) is 28.9. The van der Waals surface area contributed by atoms with Gasteiger partial charge in [0.25, 0.3) is 0 Å². The average Bonchev–Trinajstić information content (AvgIpc) is 3.03. The van der Waals surface area contributed by atoms with E-state index in [1.165, 1.54) is 5.56 Å². The van der Waals surface area contributed by atoms with Crippen LogP contribution in [0.2, 0.25) is 0 Å². The Hall–Kier alpha value is -4.24. The summed E-state index contributed by atoms with van der Waals surface area (Å²) in [5.41, 5.74) is 6.10. The molecular formula is C34H40N6O3. The highest BCUT2D eigenvalue weighted by molar-refractivity contribution is 5.83. The monoisotopic (exact) mass is 580 g/mol. The molecule has 4 aromatic rings. The predicted octanol–water partition coefficient (Wildman–Crippen LogP) is 4.61. The molecule has 2 fully saturated rings. The van der Waals surface area contributed by atoms with Gasteiger partial charge < -0.3 is 19.5 Å². The number of pyridine rings is 3. The molecular weight excluding hydrogens is 540 g/mol. The SMILES string of the molecule is Cc1cc(CN(Cc2cn(C)c3cc(N4CCC(C(=O)O)CC4)ccc3c2=O)C2CCCN(c3cccnc3)C2)ccn1. The predicted molar refractivity (Wildman–Crippen MR) is 169 cm³/mol. The molecule has 1 N–H and O–H groups in total. The molecule has 2 saturated heterocycles. The maximum absolute atomic E-state index is 13.9. The van der Waals surface area contributed by atoms with Crippen molar-refractivity contribution in [3.05, 3.63) is 94.3 Å². The van der Waals surface area contributed by atoms with Crippen LogP contribution in [0.3, 0.4) is 0 Å². The Morgan fingerprint density at radius 2 is 1.84 bits per heavy atom. The van der Waals surface area contributed by atoms with Crippen LogP contribution >= 0.6 is 0 Å². The molecule has 9 nitrogen and oxygen atoms in total. The number of aromatic nitrogens is 3. The smallest absolute Gasteiger partial charge is 0.306 e. The molecule has 0 spiro atoms. The van der Waals surface area contributed by atoms with Crippen LogP contribution in [0, 0.1) is 12.8 Å². The van der Waals surface area contributed by atoms with Crippen molar-refractivity contribution in [2.24, 2.45) is 13.0 Å². The zero-order chi connectivity index (χ0) is 29.9. The Kier molecular flexibility index (Phi) is 8.42. The van der Waals surface area contributed by atoms with Crippen molar-refractivity contribution >= 4 is 28.2 Å². The standard InChI is InChI=1S/C34H40N6O3/c1-24-17-25(9-13-36-24)20-40(30-6-4-14-39(23-30)29-5-3-12-35-19-29)22-27-21-37(2)32-18-28(7-8-31(32)33(27)41)38-15-10-26(11-16-38)34(42)43/h3,5,7-9,12-13,17-19,21,26,30H,4,6,10-11,14-16,20,22-23H2,1-2H3,(H,42,43). The first-order valence-corrected chi connectivity index (χ1v) is 15.3. The molecule has 0 saturated carbocycles. The van der Waals surface area contributed by atoms with Gasteiger partial charge >= 0.3 is 5.97 Å². The van der Waals surface area contributed by atoms with Crippen molar-refractivity contribution in [3.63, 3.8) is 0 Å². The molecule has 43 heavy (non-hydrogen) atoms. The minimum absolute atomic E-state index is 0.0695. The van der Waals surface area contributed by atoms with Gasteiger partial charge in [-0.15, -0.1) is 0 Å². The summed E-state index contributed by atoms with van der Waals surface area (Å²) in [6.45, 7) is 6.59. The molecule has 9 heteroatoms. The van der Waals surface area contributed by atoms with Crippen molar-refractivity contribution in [1.82, 2.24) is 19.4 Å². The maximum atomic E-state index is 13.9. The van der Waals surface area contributed by atoms with E-state index in [9.17, 15) is 14.7 Å². The highest BCUT2D eigenvalue weighted by atomic mass is 16.4. The third-order valence-electron chi connectivity index (χ3n) is 9.10. The third kappa shape index (κ3) is 6.41. The third-order valence-corrected chi connectivity index (χ3v) is 9.10. The number of anilines is 2. The van der Waals surface area contributed by atoms with Gasteiger partial charge in [-0.05, 0) is 80.6 Å². The minimum Gasteiger partial charge on any atom is -0.481 e. The van der Waals surface area contributed by atoms with Crippen LogP contribution in [0.1, 0.15) is 42.5 Å². The van der Waals surface area contributed by atoms with Crippen molar-refractivity contribution in [1.29, 1.82) is 0 Å². The lowest BCUT2D eigenvalue weighted by Gasteiger charge is -2.40. The Morgan fingerprint density at radius 1 is 1.00 bits per heavy atom. The van der Waals surface area contributed by atoms with Crippen LogP contribution in [0.4, 0.5) is 11.4 Å². The lowest BCUT2D eigenvalue weighted by Crippen LogP contribution is -2.48. The van der Waals surface area contributed by atoms with Gasteiger partial charge in [-0.25, -0.2) is 0 Å². The molecule has 224 valence electrons. The quantitative estimate of drug-likeness (QED) is 0.323. The van der Waals surface area contributed by atoms with Gasteiger partial charge in [-0.1, -0.05) is 0 Å². The van der Waals surface area contributed by atoms with Gasteiger partial charge in [0.15, 0.2) is 5.43 Å². The largest absolute Gasteiger partial charge is 0.481 e. The Labute approximate surface area is 252 Å². The molecule has 5 heterocycles. The highest BCUT2D eigenvalue weighted by Crippen LogP contribution is 2.28. The van der Waals surface area contributed by atoms with Gasteiger partial charge in [-0.2, -0.15) is 0 Å². The Bertz CT molecular complexity index is 1650. The van der Waals surface area contributed by atoms with Gasteiger partial charge in [0.1, 0.15) is 0 Å². The van der Waals surface area contributed by atoms with Crippen LogP contribution in [0.5, 0.6) is 0 Å². The molecule has 2 aliphatic rings. The molecule has 2 aliphatic heterocycles. The summed E-state index contributed by atoms with van der Waals surface area (Å²) >= 11 is 0. The molecule has 0 bridgehead atoms. The summed E-state index contributed by atoms with van der Waals surface area (Å²) in [4.78, 5) is 41.2. The molecule has 3 aromatic heterocycles. The number of nitrogens with zero attached hydrogens (tertiary/aromatic N) is 6. The number of fused-ring (bicyclic) bond motifs is 1. The number of rotatable bonds is 8. The van der Waals surface area contributed by atoms with E-state index in [-0.39, 0.29) is 17.4 Å². The van der Waals surface area contributed by atoms with E-state index in [4.69, 9.17) is 0 Å².